The third-order valence-electron chi connectivity index (χ3n) is 4.75. The zero-order valence-corrected chi connectivity index (χ0v) is 14.8. The normalized spacial score (nSPS) is 20.6. The summed E-state index contributed by atoms with van der Waals surface area (Å²) >= 11 is 6.46. The molecule has 1 aromatic heterocycles. The topological polar surface area (TPSA) is 51.4 Å². The molecule has 5 nitrogen and oxygen atoms in total. The van der Waals surface area contributed by atoms with Gasteiger partial charge in [-0.2, -0.15) is 0 Å². The molecule has 0 bridgehead atoms. The molecule has 1 saturated carbocycles. The first-order chi connectivity index (χ1) is 11.6. The number of benzene rings is 1. The molecule has 2 aromatic rings. The van der Waals surface area contributed by atoms with Crippen LogP contribution >= 0.6 is 11.6 Å². The Morgan fingerprint density at radius 2 is 2.04 bits per heavy atom. The highest BCUT2D eigenvalue weighted by Crippen LogP contribution is 2.44. The Bertz CT molecular complexity index is 742. The van der Waals surface area contributed by atoms with Crippen molar-refractivity contribution in [2.75, 3.05) is 6.61 Å². The van der Waals surface area contributed by atoms with Crippen LogP contribution < -0.4 is 4.74 Å². The summed E-state index contributed by atoms with van der Waals surface area (Å²) in [4.78, 5) is 2.50. The van der Waals surface area contributed by atoms with E-state index in [1.165, 1.54) is 24.0 Å². The van der Waals surface area contributed by atoms with Crippen LogP contribution in [0.4, 0.5) is 0 Å². The van der Waals surface area contributed by atoms with Crippen molar-refractivity contribution < 1.29 is 9.15 Å². The molecule has 0 unspecified atom stereocenters. The number of aromatic nitrogens is 2. The number of hydrogen-bond donors (Lipinski definition) is 0. The van der Waals surface area contributed by atoms with E-state index in [1.807, 2.05) is 13.0 Å². The number of rotatable bonds is 4. The number of halogens is 1. The molecule has 1 aromatic carbocycles. The van der Waals surface area contributed by atoms with Crippen molar-refractivity contribution >= 4 is 11.6 Å². The van der Waals surface area contributed by atoms with Gasteiger partial charge in [0.1, 0.15) is 5.75 Å². The molecule has 6 heteroatoms. The molecule has 24 heavy (non-hydrogen) atoms. The number of aryl methyl sites for hydroxylation is 2. The van der Waals surface area contributed by atoms with E-state index in [9.17, 15) is 0 Å². The second kappa shape index (κ2) is 6.37. The largest absolute Gasteiger partial charge is 0.492 e. The maximum absolute atomic E-state index is 6.46. The lowest BCUT2D eigenvalue weighted by Crippen LogP contribution is -2.30. The van der Waals surface area contributed by atoms with Crippen LogP contribution in [0.3, 0.4) is 0 Å². The van der Waals surface area contributed by atoms with Crippen LogP contribution in [0.15, 0.2) is 16.5 Å². The van der Waals surface area contributed by atoms with Gasteiger partial charge in [-0.05, 0) is 44.2 Å². The first kappa shape index (κ1) is 15.9. The minimum Gasteiger partial charge on any atom is -0.492 e. The smallest absolute Gasteiger partial charge is 0.230 e. The highest BCUT2D eigenvalue weighted by atomic mass is 35.5. The minimum absolute atomic E-state index is 0.277. The highest BCUT2D eigenvalue weighted by molar-refractivity contribution is 6.32. The van der Waals surface area contributed by atoms with Crippen LogP contribution in [0.1, 0.15) is 54.6 Å². The lowest BCUT2D eigenvalue weighted by atomic mass is 9.98. The summed E-state index contributed by atoms with van der Waals surface area (Å²) in [5.74, 6) is 2.14. The molecular formula is C18H22ClN3O2. The van der Waals surface area contributed by atoms with Gasteiger partial charge in [-0.3, -0.25) is 4.90 Å². The zero-order chi connectivity index (χ0) is 16.7. The van der Waals surface area contributed by atoms with Crippen molar-refractivity contribution in [2.45, 2.75) is 58.2 Å². The molecule has 4 rings (SSSR count). The monoisotopic (exact) mass is 347 g/mol. The SMILES string of the molecule is Cc1cc(Cl)c2c(c1)[C@@H](N(Cc1nnc(C)o1)C1CC1)CCCO2. The second-order valence-corrected chi connectivity index (χ2v) is 7.20. The Hall–Kier alpha value is -1.59. The molecule has 0 radical (unpaired) electrons. The summed E-state index contributed by atoms with van der Waals surface area (Å²) in [5, 5.41) is 8.87. The second-order valence-electron chi connectivity index (χ2n) is 6.79. The van der Waals surface area contributed by atoms with Gasteiger partial charge in [0, 0.05) is 24.6 Å². The Morgan fingerprint density at radius 3 is 2.75 bits per heavy atom. The average molecular weight is 348 g/mol. The summed E-state index contributed by atoms with van der Waals surface area (Å²) in [6.45, 7) is 5.30. The molecule has 0 spiro atoms. The molecular weight excluding hydrogens is 326 g/mol. The van der Waals surface area contributed by atoms with Gasteiger partial charge in [0.05, 0.1) is 18.2 Å². The molecule has 1 aliphatic carbocycles. The van der Waals surface area contributed by atoms with Crippen LogP contribution in [-0.2, 0) is 6.54 Å². The van der Waals surface area contributed by atoms with Crippen molar-refractivity contribution in [1.82, 2.24) is 15.1 Å². The fourth-order valence-corrected chi connectivity index (χ4v) is 3.90. The number of hydrogen-bond acceptors (Lipinski definition) is 5. The maximum Gasteiger partial charge on any atom is 0.230 e. The van der Waals surface area contributed by atoms with Gasteiger partial charge in [-0.1, -0.05) is 17.7 Å². The fraction of sp³-hybridized carbons (Fsp3) is 0.556. The van der Waals surface area contributed by atoms with Crippen molar-refractivity contribution in [3.63, 3.8) is 0 Å². The first-order valence-corrected chi connectivity index (χ1v) is 8.97. The van der Waals surface area contributed by atoms with Crippen LogP contribution in [0.25, 0.3) is 0 Å². The van der Waals surface area contributed by atoms with E-state index in [0.29, 0.717) is 36.0 Å². The fourth-order valence-electron chi connectivity index (χ4n) is 3.56. The molecule has 1 aliphatic heterocycles. The predicted molar refractivity (Wildman–Crippen MR) is 91.3 cm³/mol. The molecule has 0 saturated heterocycles. The van der Waals surface area contributed by atoms with Gasteiger partial charge >= 0.3 is 0 Å². The van der Waals surface area contributed by atoms with Crippen molar-refractivity contribution in [3.8, 4) is 5.75 Å². The van der Waals surface area contributed by atoms with Crippen LogP contribution in [0, 0.1) is 13.8 Å². The third kappa shape index (κ3) is 3.15. The Morgan fingerprint density at radius 1 is 1.21 bits per heavy atom. The average Bonchev–Trinajstić information content (AvgIpc) is 3.32. The van der Waals surface area contributed by atoms with E-state index >= 15 is 0 Å². The molecule has 0 N–H and O–H groups in total. The van der Waals surface area contributed by atoms with E-state index < -0.39 is 0 Å². The van der Waals surface area contributed by atoms with Crippen LogP contribution in [0.5, 0.6) is 5.75 Å². The number of ether oxygens (including phenoxy) is 1. The highest BCUT2D eigenvalue weighted by Gasteiger charge is 2.37. The van der Waals surface area contributed by atoms with E-state index in [2.05, 4.69) is 28.1 Å². The molecule has 1 atom stereocenters. The van der Waals surface area contributed by atoms with E-state index in [0.717, 1.165) is 18.6 Å². The summed E-state index contributed by atoms with van der Waals surface area (Å²) in [5.41, 5.74) is 2.36. The molecule has 2 heterocycles. The Labute approximate surface area is 147 Å². The van der Waals surface area contributed by atoms with E-state index in [1.54, 1.807) is 0 Å². The standard InChI is InChI=1S/C18H22ClN3O2/c1-11-8-14-16(4-3-7-23-18(14)15(19)9-11)22(13-5-6-13)10-17-21-20-12(2)24-17/h8-9,13,16H,3-7,10H2,1-2H3/t16-/m0/s1. The number of fused-ring (bicyclic) bond motifs is 1. The Kier molecular flexibility index (Phi) is 4.22. The quantitative estimate of drug-likeness (QED) is 0.828. The van der Waals surface area contributed by atoms with Crippen molar-refractivity contribution in [3.05, 3.63) is 40.1 Å². The lowest BCUT2D eigenvalue weighted by Gasteiger charge is -2.31. The van der Waals surface area contributed by atoms with E-state index in [4.69, 9.17) is 20.8 Å². The van der Waals surface area contributed by atoms with Crippen LogP contribution in [0.2, 0.25) is 5.02 Å². The lowest BCUT2D eigenvalue weighted by molar-refractivity contribution is 0.151. The van der Waals surface area contributed by atoms with Gasteiger partial charge in [-0.25, -0.2) is 0 Å². The summed E-state index contributed by atoms with van der Waals surface area (Å²) in [6, 6.07) is 5.05. The van der Waals surface area contributed by atoms with Crippen molar-refractivity contribution in [1.29, 1.82) is 0 Å². The predicted octanol–water partition coefficient (Wildman–Crippen LogP) is 4.22. The maximum atomic E-state index is 6.46. The van der Waals surface area contributed by atoms with Gasteiger partial charge in [0.25, 0.3) is 0 Å². The minimum atomic E-state index is 0.277. The first-order valence-electron chi connectivity index (χ1n) is 8.59. The molecule has 1 fully saturated rings. The summed E-state index contributed by atoms with van der Waals surface area (Å²) in [7, 11) is 0. The van der Waals surface area contributed by atoms with E-state index in [-0.39, 0.29) is 6.04 Å². The third-order valence-corrected chi connectivity index (χ3v) is 5.03. The summed E-state index contributed by atoms with van der Waals surface area (Å²) < 4.78 is 11.6. The van der Waals surface area contributed by atoms with Gasteiger partial charge in [0.2, 0.25) is 11.8 Å². The molecule has 128 valence electrons. The van der Waals surface area contributed by atoms with Gasteiger partial charge in [-0.15, -0.1) is 10.2 Å². The van der Waals surface area contributed by atoms with Gasteiger partial charge in [0.15, 0.2) is 0 Å². The van der Waals surface area contributed by atoms with Gasteiger partial charge < -0.3 is 9.15 Å². The van der Waals surface area contributed by atoms with Crippen LogP contribution in [-0.4, -0.2) is 27.7 Å². The Balaban J connectivity index is 1.70. The van der Waals surface area contributed by atoms with Crippen molar-refractivity contribution in [2.24, 2.45) is 0 Å². The summed E-state index contributed by atoms with van der Waals surface area (Å²) in [6.07, 6.45) is 4.51. The number of nitrogens with zero attached hydrogens (tertiary/aromatic N) is 3. The molecule has 0 amide bonds. The zero-order valence-electron chi connectivity index (χ0n) is 14.1. The molecule has 2 aliphatic rings.